The summed E-state index contributed by atoms with van der Waals surface area (Å²) in [5, 5.41) is 0.563. The summed E-state index contributed by atoms with van der Waals surface area (Å²) in [4.78, 5) is 24.1. The number of ether oxygens (including phenoxy) is 2. The molecule has 2 atom stereocenters. The van der Waals surface area contributed by atoms with E-state index in [2.05, 4.69) is 22.9 Å². The number of hydrogen-bond acceptors (Lipinski definition) is 4. The molecule has 18 heavy (non-hydrogen) atoms. The van der Waals surface area contributed by atoms with Crippen molar-refractivity contribution >= 4 is 27.9 Å². The van der Waals surface area contributed by atoms with Crippen LogP contribution in [-0.4, -0.2) is 30.0 Å². The number of carbonyl (C=O) groups is 2. The van der Waals surface area contributed by atoms with E-state index in [1.165, 1.54) is 0 Å². The smallest absolute Gasteiger partial charge is 0.323 e. The first kappa shape index (κ1) is 15.5. The number of alkyl halides is 1. The highest BCUT2D eigenvalue weighted by atomic mass is 79.9. The fraction of sp³-hybridized carbons (Fsp3) is 0.846. The molecule has 104 valence electrons. The number of rotatable bonds is 7. The molecule has 0 aromatic rings. The minimum absolute atomic E-state index is 0.219. The lowest BCUT2D eigenvalue weighted by molar-refractivity contribution is -0.165. The Labute approximate surface area is 117 Å². The molecule has 1 rings (SSSR count). The molecule has 0 aromatic heterocycles. The molecule has 0 N–H and O–H groups in total. The zero-order valence-electron chi connectivity index (χ0n) is 11.0. The summed E-state index contributed by atoms with van der Waals surface area (Å²) in [5.74, 6) is -0.837. The third-order valence-corrected chi connectivity index (χ3v) is 4.01. The maximum Gasteiger partial charge on any atom is 0.323 e. The van der Waals surface area contributed by atoms with Crippen LogP contribution in [0.3, 0.4) is 0 Å². The molecule has 1 aliphatic heterocycles. The van der Waals surface area contributed by atoms with E-state index in [0.717, 1.165) is 19.3 Å². The van der Waals surface area contributed by atoms with E-state index in [9.17, 15) is 9.59 Å². The van der Waals surface area contributed by atoms with Crippen LogP contribution in [0.4, 0.5) is 0 Å². The quantitative estimate of drug-likeness (QED) is 0.313. The Morgan fingerprint density at radius 1 is 1.50 bits per heavy atom. The lowest BCUT2D eigenvalue weighted by Crippen LogP contribution is -2.37. The molecule has 1 saturated heterocycles. The van der Waals surface area contributed by atoms with E-state index in [1.54, 1.807) is 6.92 Å². The van der Waals surface area contributed by atoms with Crippen LogP contribution in [0.1, 0.15) is 46.0 Å². The molecule has 1 fully saturated rings. The summed E-state index contributed by atoms with van der Waals surface area (Å²) in [6.45, 7) is 4.13. The van der Waals surface area contributed by atoms with Gasteiger partial charge >= 0.3 is 11.9 Å². The van der Waals surface area contributed by atoms with E-state index >= 15 is 0 Å². The molecule has 0 amide bonds. The van der Waals surface area contributed by atoms with Crippen molar-refractivity contribution in [3.8, 4) is 0 Å². The topological polar surface area (TPSA) is 52.6 Å². The van der Waals surface area contributed by atoms with Crippen LogP contribution in [0.15, 0.2) is 0 Å². The highest BCUT2D eigenvalue weighted by molar-refractivity contribution is 9.09. The Morgan fingerprint density at radius 3 is 2.72 bits per heavy atom. The number of carbonyl (C=O) groups excluding carboxylic acids is 2. The fourth-order valence-corrected chi connectivity index (χ4v) is 2.64. The molecule has 2 unspecified atom stereocenters. The Morgan fingerprint density at radius 2 is 2.22 bits per heavy atom. The summed E-state index contributed by atoms with van der Waals surface area (Å²) in [6.07, 6.45) is 3.65. The molecule has 0 spiro atoms. The Balaban J connectivity index is 2.80. The standard InChI is InChI=1S/C13H21BrO4/c1-3-5-6-7-13(11(15)17-4-2)8-10(9-14)18-12(13)16/h10H,3-9H2,1-2H3. The Hall–Kier alpha value is -0.580. The number of hydrogen-bond donors (Lipinski definition) is 0. The van der Waals surface area contributed by atoms with Gasteiger partial charge in [-0.15, -0.1) is 0 Å². The van der Waals surface area contributed by atoms with Crippen molar-refractivity contribution in [2.24, 2.45) is 5.41 Å². The van der Waals surface area contributed by atoms with E-state index in [0.29, 0.717) is 24.8 Å². The second kappa shape index (κ2) is 7.12. The third kappa shape index (κ3) is 3.25. The summed E-state index contributed by atoms with van der Waals surface area (Å²) in [7, 11) is 0. The summed E-state index contributed by atoms with van der Waals surface area (Å²) < 4.78 is 10.3. The van der Waals surface area contributed by atoms with Crippen LogP contribution in [-0.2, 0) is 19.1 Å². The van der Waals surface area contributed by atoms with Crippen LogP contribution < -0.4 is 0 Å². The first-order chi connectivity index (χ1) is 8.60. The van der Waals surface area contributed by atoms with Gasteiger partial charge in [-0.3, -0.25) is 9.59 Å². The van der Waals surface area contributed by atoms with E-state index in [4.69, 9.17) is 9.47 Å². The first-order valence-corrected chi connectivity index (χ1v) is 7.67. The molecule has 0 aromatic carbocycles. The zero-order chi connectivity index (χ0) is 13.6. The van der Waals surface area contributed by atoms with Gasteiger partial charge in [-0.1, -0.05) is 42.1 Å². The van der Waals surface area contributed by atoms with Crippen molar-refractivity contribution in [2.75, 3.05) is 11.9 Å². The maximum absolute atomic E-state index is 12.1. The number of halogens is 1. The predicted molar refractivity (Wildman–Crippen MR) is 71.5 cm³/mol. The maximum atomic E-state index is 12.1. The highest BCUT2D eigenvalue weighted by Crippen LogP contribution is 2.40. The van der Waals surface area contributed by atoms with Crippen molar-refractivity contribution in [2.45, 2.75) is 52.1 Å². The van der Waals surface area contributed by atoms with Gasteiger partial charge in [-0.05, 0) is 13.3 Å². The molecule has 0 saturated carbocycles. The van der Waals surface area contributed by atoms with Crippen molar-refractivity contribution in [3.05, 3.63) is 0 Å². The van der Waals surface area contributed by atoms with Crippen molar-refractivity contribution < 1.29 is 19.1 Å². The molecular weight excluding hydrogens is 300 g/mol. The molecule has 0 aliphatic carbocycles. The van der Waals surface area contributed by atoms with Gasteiger partial charge in [-0.2, -0.15) is 0 Å². The lowest BCUT2D eigenvalue weighted by atomic mass is 9.80. The molecule has 0 radical (unpaired) electrons. The average molecular weight is 321 g/mol. The van der Waals surface area contributed by atoms with Crippen LogP contribution in [0.25, 0.3) is 0 Å². The minimum atomic E-state index is -1.07. The molecule has 5 heteroatoms. The summed E-state index contributed by atoms with van der Waals surface area (Å²) in [5.41, 5.74) is -1.07. The normalized spacial score (nSPS) is 27.1. The average Bonchev–Trinajstić information content (AvgIpc) is 2.68. The third-order valence-electron chi connectivity index (χ3n) is 3.29. The number of unbranched alkanes of at least 4 members (excludes halogenated alkanes) is 2. The largest absolute Gasteiger partial charge is 0.465 e. The van der Waals surface area contributed by atoms with E-state index in [1.807, 2.05) is 0 Å². The molecule has 1 aliphatic rings. The van der Waals surface area contributed by atoms with E-state index in [-0.39, 0.29) is 6.10 Å². The van der Waals surface area contributed by atoms with Gasteiger partial charge in [0, 0.05) is 11.8 Å². The molecule has 4 nitrogen and oxygen atoms in total. The van der Waals surface area contributed by atoms with Gasteiger partial charge in [-0.25, -0.2) is 0 Å². The first-order valence-electron chi connectivity index (χ1n) is 6.55. The van der Waals surface area contributed by atoms with Gasteiger partial charge < -0.3 is 9.47 Å². The van der Waals surface area contributed by atoms with Crippen molar-refractivity contribution in [3.63, 3.8) is 0 Å². The van der Waals surface area contributed by atoms with Crippen molar-refractivity contribution in [1.29, 1.82) is 0 Å². The highest BCUT2D eigenvalue weighted by Gasteiger charge is 2.55. The van der Waals surface area contributed by atoms with Gasteiger partial charge in [0.25, 0.3) is 0 Å². The Bertz CT molecular complexity index is 305. The van der Waals surface area contributed by atoms with E-state index < -0.39 is 17.4 Å². The SMILES string of the molecule is CCCCCC1(C(=O)OCC)CC(CBr)OC1=O. The lowest BCUT2D eigenvalue weighted by Gasteiger charge is -2.22. The molecular formula is C13H21BrO4. The van der Waals surface area contributed by atoms with Crippen molar-refractivity contribution in [1.82, 2.24) is 0 Å². The van der Waals surface area contributed by atoms with Crippen LogP contribution in [0.2, 0.25) is 0 Å². The van der Waals surface area contributed by atoms with Gasteiger partial charge in [0.05, 0.1) is 6.61 Å². The van der Waals surface area contributed by atoms with Crippen LogP contribution in [0.5, 0.6) is 0 Å². The van der Waals surface area contributed by atoms with Gasteiger partial charge in [0.2, 0.25) is 0 Å². The summed E-state index contributed by atoms with van der Waals surface area (Å²) >= 11 is 3.30. The van der Waals surface area contributed by atoms with Gasteiger partial charge in [0.15, 0.2) is 5.41 Å². The molecule has 1 heterocycles. The monoisotopic (exact) mass is 320 g/mol. The van der Waals surface area contributed by atoms with Crippen LogP contribution in [0, 0.1) is 5.41 Å². The second-order valence-corrected chi connectivity index (χ2v) is 5.29. The fourth-order valence-electron chi connectivity index (χ4n) is 2.28. The second-order valence-electron chi connectivity index (χ2n) is 4.65. The number of esters is 2. The Kier molecular flexibility index (Phi) is 6.12. The summed E-state index contributed by atoms with van der Waals surface area (Å²) in [6, 6.07) is 0. The molecule has 0 bridgehead atoms. The predicted octanol–water partition coefficient (Wildman–Crippen LogP) is 2.83. The van der Waals surface area contributed by atoms with Crippen LogP contribution >= 0.6 is 15.9 Å². The minimum Gasteiger partial charge on any atom is -0.465 e. The number of cyclic esters (lactones) is 1. The zero-order valence-corrected chi connectivity index (χ0v) is 12.6. The van der Waals surface area contributed by atoms with Gasteiger partial charge in [0.1, 0.15) is 6.10 Å².